The van der Waals surface area contributed by atoms with Crippen LogP contribution in [0, 0.1) is 5.92 Å². The van der Waals surface area contributed by atoms with E-state index in [2.05, 4.69) is 5.32 Å². The lowest BCUT2D eigenvalue weighted by Gasteiger charge is -2.46. The van der Waals surface area contributed by atoms with E-state index in [0.29, 0.717) is 25.2 Å². The van der Waals surface area contributed by atoms with Gasteiger partial charge in [0.1, 0.15) is 5.54 Å². The quantitative estimate of drug-likeness (QED) is 0.737. The summed E-state index contributed by atoms with van der Waals surface area (Å²) in [7, 11) is 1.81. The average Bonchev–Trinajstić information content (AvgIpc) is 2.97. The lowest BCUT2D eigenvalue weighted by atomic mass is 9.86. The van der Waals surface area contributed by atoms with E-state index < -0.39 is 5.54 Å². The zero-order valence-corrected chi connectivity index (χ0v) is 12.0. The summed E-state index contributed by atoms with van der Waals surface area (Å²) < 4.78 is 0. The van der Waals surface area contributed by atoms with Crippen LogP contribution in [0.25, 0.3) is 0 Å². The van der Waals surface area contributed by atoms with Crippen LogP contribution < -0.4 is 5.32 Å². The summed E-state index contributed by atoms with van der Waals surface area (Å²) in [5.74, 6) is 0.295. The van der Waals surface area contributed by atoms with Crippen LogP contribution in [0.15, 0.2) is 0 Å². The molecule has 3 aliphatic heterocycles. The Bertz CT molecular complexity index is 421. The number of hydrogen-bond donors (Lipinski definition) is 1. The topological polar surface area (TPSA) is 52.6 Å². The first kappa shape index (κ1) is 12.9. The lowest BCUT2D eigenvalue weighted by Crippen LogP contribution is -2.65. The van der Waals surface area contributed by atoms with Gasteiger partial charge in [-0.15, -0.1) is 0 Å². The zero-order valence-electron chi connectivity index (χ0n) is 12.0. The van der Waals surface area contributed by atoms with E-state index in [1.165, 1.54) is 6.42 Å². The molecule has 2 amide bonds. The van der Waals surface area contributed by atoms with Gasteiger partial charge in [-0.2, -0.15) is 0 Å². The third-order valence-electron chi connectivity index (χ3n) is 5.09. The van der Waals surface area contributed by atoms with Gasteiger partial charge in [-0.05, 0) is 33.1 Å². The number of fused-ring (bicyclic) bond motifs is 2. The first-order chi connectivity index (χ1) is 8.91. The van der Waals surface area contributed by atoms with E-state index in [-0.39, 0.29) is 17.7 Å². The van der Waals surface area contributed by atoms with Crippen LogP contribution in [0.1, 0.15) is 33.1 Å². The Morgan fingerprint density at radius 1 is 1.32 bits per heavy atom. The Balaban J connectivity index is 1.78. The van der Waals surface area contributed by atoms with E-state index in [1.54, 1.807) is 4.90 Å². The highest BCUT2D eigenvalue weighted by Crippen LogP contribution is 2.36. The van der Waals surface area contributed by atoms with Crippen LogP contribution in [-0.4, -0.2) is 59.4 Å². The molecule has 0 aromatic carbocycles. The Kier molecular flexibility index (Phi) is 2.85. The van der Waals surface area contributed by atoms with Crippen molar-refractivity contribution in [3.05, 3.63) is 0 Å². The van der Waals surface area contributed by atoms with Crippen LogP contribution in [0.3, 0.4) is 0 Å². The molecule has 0 aromatic rings. The molecular formula is C14H23N3O2. The van der Waals surface area contributed by atoms with E-state index in [1.807, 2.05) is 25.8 Å². The Morgan fingerprint density at radius 2 is 2.05 bits per heavy atom. The summed E-state index contributed by atoms with van der Waals surface area (Å²) >= 11 is 0. The highest BCUT2D eigenvalue weighted by Gasteiger charge is 2.49. The first-order valence-corrected chi connectivity index (χ1v) is 7.24. The van der Waals surface area contributed by atoms with Crippen LogP contribution in [-0.2, 0) is 9.59 Å². The number of carbonyl (C=O) groups is 2. The molecule has 106 valence electrons. The largest absolute Gasteiger partial charge is 0.342 e. The molecule has 1 N–H and O–H groups in total. The second-order valence-corrected chi connectivity index (χ2v) is 6.67. The molecule has 0 saturated carbocycles. The lowest BCUT2D eigenvalue weighted by molar-refractivity contribution is -0.159. The van der Waals surface area contributed by atoms with E-state index in [9.17, 15) is 9.59 Å². The van der Waals surface area contributed by atoms with Crippen LogP contribution in [0.5, 0.6) is 0 Å². The molecule has 0 aromatic heterocycles. The predicted molar refractivity (Wildman–Crippen MR) is 71.5 cm³/mol. The van der Waals surface area contributed by atoms with Crippen molar-refractivity contribution < 1.29 is 9.59 Å². The Morgan fingerprint density at radius 3 is 2.63 bits per heavy atom. The molecule has 3 heterocycles. The van der Waals surface area contributed by atoms with Gasteiger partial charge >= 0.3 is 0 Å². The Labute approximate surface area is 114 Å². The van der Waals surface area contributed by atoms with Gasteiger partial charge in [0.15, 0.2) is 0 Å². The number of piperazine rings is 1. The number of nitrogens with zero attached hydrogens (tertiary/aromatic N) is 2. The standard InChI is InChI=1S/C14H23N3O2/c1-14(2)13(19)16(3)6-7-17(14)12(18)10-8-9-4-5-11(10)15-9/h9-11,15H,4-8H2,1-3H3. The van der Waals surface area contributed by atoms with E-state index in [4.69, 9.17) is 0 Å². The van der Waals surface area contributed by atoms with Crippen molar-refractivity contribution in [1.82, 2.24) is 15.1 Å². The third kappa shape index (κ3) is 1.86. The van der Waals surface area contributed by atoms with Crippen molar-refractivity contribution in [2.24, 2.45) is 5.92 Å². The normalized spacial score (nSPS) is 37.0. The predicted octanol–water partition coefficient (Wildman–Crippen LogP) is 0.206. The minimum atomic E-state index is -0.702. The molecule has 3 unspecified atom stereocenters. The fourth-order valence-corrected chi connectivity index (χ4v) is 3.90. The molecule has 5 heteroatoms. The Hall–Kier alpha value is -1.10. The number of likely N-dealkylation sites (N-methyl/N-ethyl adjacent to an activating group) is 1. The monoisotopic (exact) mass is 265 g/mol. The second kappa shape index (κ2) is 4.20. The molecule has 2 bridgehead atoms. The molecule has 0 spiro atoms. The van der Waals surface area contributed by atoms with Crippen LogP contribution in [0.2, 0.25) is 0 Å². The van der Waals surface area contributed by atoms with E-state index in [0.717, 1.165) is 12.8 Å². The van der Waals surface area contributed by atoms with Crippen molar-refractivity contribution in [2.45, 2.75) is 50.7 Å². The molecule has 3 atom stereocenters. The van der Waals surface area contributed by atoms with E-state index >= 15 is 0 Å². The van der Waals surface area contributed by atoms with Gasteiger partial charge in [0.2, 0.25) is 11.8 Å². The van der Waals surface area contributed by atoms with Crippen molar-refractivity contribution in [2.75, 3.05) is 20.1 Å². The number of carbonyl (C=O) groups excluding carboxylic acids is 2. The molecule has 3 fully saturated rings. The maximum atomic E-state index is 12.8. The number of amides is 2. The smallest absolute Gasteiger partial charge is 0.247 e. The van der Waals surface area contributed by atoms with Gasteiger partial charge in [-0.1, -0.05) is 0 Å². The molecule has 3 saturated heterocycles. The molecule has 19 heavy (non-hydrogen) atoms. The fraction of sp³-hybridized carbons (Fsp3) is 0.857. The summed E-state index contributed by atoms with van der Waals surface area (Å²) in [6, 6.07) is 0.855. The number of nitrogens with one attached hydrogen (secondary N) is 1. The SMILES string of the molecule is CN1CCN(C(=O)C2CC3CCC2N3)C(C)(C)C1=O. The van der Waals surface area contributed by atoms with Gasteiger partial charge in [0, 0.05) is 32.2 Å². The van der Waals surface area contributed by atoms with Gasteiger partial charge < -0.3 is 15.1 Å². The van der Waals surface area contributed by atoms with Crippen molar-refractivity contribution in [3.8, 4) is 0 Å². The summed E-state index contributed by atoms with van der Waals surface area (Å²) in [6.45, 7) is 5.03. The molecule has 3 aliphatic rings. The molecule has 5 nitrogen and oxygen atoms in total. The maximum Gasteiger partial charge on any atom is 0.247 e. The molecular weight excluding hydrogens is 242 g/mol. The maximum absolute atomic E-state index is 12.8. The first-order valence-electron chi connectivity index (χ1n) is 7.24. The number of hydrogen-bond acceptors (Lipinski definition) is 3. The summed E-state index contributed by atoms with van der Waals surface area (Å²) in [5, 5.41) is 3.50. The fourth-order valence-electron chi connectivity index (χ4n) is 3.90. The van der Waals surface area contributed by atoms with Gasteiger partial charge in [-0.25, -0.2) is 0 Å². The van der Waals surface area contributed by atoms with Crippen molar-refractivity contribution in [1.29, 1.82) is 0 Å². The zero-order chi connectivity index (χ0) is 13.8. The van der Waals surface area contributed by atoms with Crippen LogP contribution >= 0.6 is 0 Å². The van der Waals surface area contributed by atoms with Gasteiger partial charge in [0.25, 0.3) is 0 Å². The van der Waals surface area contributed by atoms with Crippen LogP contribution in [0.4, 0.5) is 0 Å². The molecule has 0 radical (unpaired) electrons. The highest BCUT2D eigenvalue weighted by molar-refractivity contribution is 5.92. The van der Waals surface area contributed by atoms with Gasteiger partial charge in [0.05, 0.1) is 5.92 Å². The summed E-state index contributed by atoms with van der Waals surface area (Å²) in [5.41, 5.74) is -0.702. The van der Waals surface area contributed by atoms with Crippen molar-refractivity contribution >= 4 is 11.8 Å². The number of rotatable bonds is 1. The van der Waals surface area contributed by atoms with Crippen molar-refractivity contribution in [3.63, 3.8) is 0 Å². The molecule has 3 rings (SSSR count). The highest BCUT2D eigenvalue weighted by atomic mass is 16.2. The third-order valence-corrected chi connectivity index (χ3v) is 5.09. The summed E-state index contributed by atoms with van der Waals surface area (Å²) in [6.07, 6.45) is 3.24. The molecule has 0 aliphatic carbocycles. The van der Waals surface area contributed by atoms with Gasteiger partial charge in [-0.3, -0.25) is 9.59 Å². The second-order valence-electron chi connectivity index (χ2n) is 6.67. The minimum absolute atomic E-state index is 0.0446. The minimum Gasteiger partial charge on any atom is -0.342 e. The average molecular weight is 265 g/mol. The summed E-state index contributed by atoms with van der Waals surface area (Å²) in [4.78, 5) is 28.6.